The van der Waals surface area contributed by atoms with Crippen molar-refractivity contribution >= 4 is 5.97 Å². The van der Waals surface area contributed by atoms with Crippen molar-refractivity contribution in [2.45, 2.75) is 38.8 Å². The highest BCUT2D eigenvalue weighted by Gasteiger charge is 2.31. The Hall–Kier alpha value is -0.650. The summed E-state index contributed by atoms with van der Waals surface area (Å²) in [5.74, 6) is -0.906. The summed E-state index contributed by atoms with van der Waals surface area (Å²) in [7, 11) is 1.51. The third kappa shape index (κ3) is 4.15. The summed E-state index contributed by atoms with van der Waals surface area (Å²) in [4.78, 5) is 10.7. The van der Waals surface area contributed by atoms with E-state index in [1.165, 1.54) is 14.0 Å². The normalized spacial score (nSPS) is 21.3. The van der Waals surface area contributed by atoms with Crippen molar-refractivity contribution in [2.24, 2.45) is 0 Å². The monoisotopic (exact) mass is 218 g/mol. The first kappa shape index (κ1) is 12.4. The van der Waals surface area contributed by atoms with E-state index in [1.54, 1.807) is 0 Å². The number of rotatable bonds is 5. The lowest BCUT2D eigenvalue weighted by Crippen LogP contribution is -2.29. The third-order valence-electron chi connectivity index (χ3n) is 2.29. The molecule has 1 heterocycles. The lowest BCUT2D eigenvalue weighted by Gasteiger charge is -2.24. The molecule has 0 bridgehead atoms. The molecule has 1 unspecified atom stereocenters. The molecule has 1 aliphatic rings. The van der Waals surface area contributed by atoms with Gasteiger partial charge in [-0.25, -0.2) is 0 Å². The molecule has 0 aromatic heterocycles. The average molecular weight is 218 g/mol. The van der Waals surface area contributed by atoms with Crippen LogP contribution in [-0.4, -0.2) is 38.4 Å². The van der Waals surface area contributed by atoms with Crippen molar-refractivity contribution < 1.29 is 23.7 Å². The number of esters is 1. The Kier molecular flexibility index (Phi) is 4.50. The first-order chi connectivity index (χ1) is 7.06. The molecular formula is C10H18O5. The summed E-state index contributed by atoms with van der Waals surface area (Å²) >= 11 is 0. The zero-order valence-electron chi connectivity index (χ0n) is 9.45. The van der Waals surface area contributed by atoms with Crippen LogP contribution in [0.5, 0.6) is 0 Å². The minimum atomic E-state index is -0.559. The summed E-state index contributed by atoms with van der Waals surface area (Å²) in [5.41, 5.74) is 0. The van der Waals surface area contributed by atoms with E-state index in [4.69, 9.17) is 18.9 Å². The average Bonchev–Trinajstić information content (AvgIpc) is 2.60. The van der Waals surface area contributed by atoms with E-state index in [2.05, 4.69) is 0 Å². The minimum absolute atomic E-state index is 0.347. The van der Waals surface area contributed by atoms with Crippen LogP contribution >= 0.6 is 0 Å². The van der Waals surface area contributed by atoms with Crippen molar-refractivity contribution in [3.05, 3.63) is 0 Å². The standard InChI is InChI=1S/C10H18O5/c1-8(11)15-9(12-3)4-5-10(2)13-6-7-14-10/h9H,4-7H2,1-3H3. The summed E-state index contributed by atoms with van der Waals surface area (Å²) < 4.78 is 20.8. The summed E-state index contributed by atoms with van der Waals surface area (Å²) in [6.45, 7) is 4.46. The van der Waals surface area contributed by atoms with Crippen LogP contribution in [0.2, 0.25) is 0 Å². The predicted molar refractivity (Wildman–Crippen MR) is 52.1 cm³/mol. The first-order valence-corrected chi connectivity index (χ1v) is 5.04. The van der Waals surface area contributed by atoms with Crippen molar-refractivity contribution in [1.29, 1.82) is 0 Å². The first-order valence-electron chi connectivity index (χ1n) is 5.04. The molecule has 0 aromatic rings. The van der Waals surface area contributed by atoms with E-state index in [0.717, 1.165) is 0 Å². The van der Waals surface area contributed by atoms with Crippen molar-refractivity contribution in [1.82, 2.24) is 0 Å². The van der Waals surface area contributed by atoms with E-state index in [0.29, 0.717) is 26.1 Å². The van der Waals surface area contributed by atoms with Crippen LogP contribution in [0.15, 0.2) is 0 Å². The zero-order valence-corrected chi connectivity index (χ0v) is 9.45. The fourth-order valence-corrected chi connectivity index (χ4v) is 1.49. The molecule has 0 aliphatic carbocycles. The van der Waals surface area contributed by atoms with Gasteiger partial charge in [0.2, 0.25) is 6.29 Å². The Morgan fingerprint density at radius 2 is 2.07 bits per heavy atom. The maximum absolute atomic E-state index is 10.7. The molecule has 15 heavy (non-hydrogen) atoms. The molecule has 0 spiro atoms. The fraction of sp³-hybridized carbons (Fsp3) is 0.900. The van der Waals surface area contributed by atoms with Gasteiger partial charge in [0.05, 0.1) is 13.2 Å². The number of ether oxygens (including phenoxy) is 4. The molecule has 5 heteroatoms. The number of hydrogen-bond acceptors (Lipinski definition) is 5. The van der Waals surface area contributed by atoms with E-state index in [9.17, 15) is 4.79 Å². The molecule has 5 nitrogen and oxygen atoms in total. The lowest BCUT2D eigenvalue weighted by molar-refractivity contribution is -0.186. The smallest absolute Gasteiger partial charge is 0.304 e. The van der Waals surface area contributed by atoms with Gasteiger partial charge in [-0.3, -0.25) is 4.79 Å². The van der Waals surface area contributed by atoms with E-state index < -0.39 is 12.1 Å². The molecule has 0 aromatic carbocycles. The topological polar surface area (TPSA) is 54.0 Å². The van der Waals surface area contributed by atoms with E-state index in [1.807, 2.05) is 6.92 Å². The highest BCUT2D eigenvalue weighted by molar-refractivity contribution is 5.66. The Bertz CT molecular complexity index is 210. The largest absolute Gasteiger partial charge is 0.436 e. The number of hydrogen-bond donors (Lipinski definition) is 0. The maximum atomic E-state index is 10.7. The Balaban J connectivity index is 2.29. The second kappa shape index (κ2) is 5.44. The number of carbonyl (C=O) groups excluding carboxylic acids is 1. The van der Waals surface area contributed by atoms with Gasteiger partial charge in [0.15, 0.2) is 5.79 Å². The van der Waals surface area contributed by atoms with Crippen LogP contribution in [0.1, 0.15) is 26.7 Å². The molecule has 88 valence electrons. The van der Waals surface area contributed by atoms with E-state index in [-0.39, 0.29) is 5.97 Å². The van der Waals surface area contributed by atoms with Crippen molar-refractivity contribution in [2.75, 3.05) is 20.3 Å². The molecular weight excluding hydrogens is 200 g/mol. The molecule has 1 saturated heterocycles. The van der Waals surface area contributed by atoms with Gasteiger partial charge < -0.3 is 18.9 Å². The van der Waals surface area contributed by atoms with Crippen LogP contribution in [0.3, 0.4) is 0 Å². The fourth-order valence-electron chi connectivity index (χ4n) is 1.49. The van der Waals surface area contributed by atoms with Gasteiger partial charge in [-0.15, -0.1) is 0 Å². The molecule has 0 saturated carbocycles. The predicted octanol–water partition coefficient (Wildman–Crippen LogP) is 1.07. The van der Waals surface area contributed by atoms with Gasteiger partial charge in [-0.2, -0.15) is 0 Å². The Morgan fingerprint density at radius 3 is 2.53 bits per heavy atom. The van der Waals surface area contributed by atoms with Gasteiger partial charge in [0.1, 0.15) is 0 Å². The van der Waals surface area contributed by atoms with Crippen molar-refractivity contribution in [3.63, 3.8) is 0 Å². The molecule has 0 radical (unpaired) electrons. The van der Waals surface area contributed by atoms with Crippen LogP contribution < -0.4 is 0 Å². The lowest BCUT2D eigenvalue weighted by atomic mass is 10.1. The van der Waals surface area contributed by atoms with Crippen LogP contribution in [0, 0.1) is 0 Å². The minimum Gasteiger partial charge on any atom is -0.436 e. The molecule has 1 rings (SSSR count). The quantitative estimate of drug-likeness (QED) is 0.510. The maximum Gasteiger partial charge on any atom is 0.304 e. The Morgan fingerprint density at radius 1 is 1.47 bits per heavy atom. The second-order valence-corrected chi connectivity index (χ2v) is 3.64. The third-order valence-corrected chi connectivity index (χ3v) is 2.29. The highest BCUT2D eigenvalue weighted by Crippen LogP contribution is 2.25. The highest BCUT2D eigenvalue weighted by atomic mass is 16.7. The Labute approximate surface area is 89.6 Å². The SMILES string of the molecule is COC(CCC1(C)OCCO1)OC(C)=O. The summed E-state index contributed by atoms with van der Waals surface area (Å²) in [6, 6.07) is 0. The van der Waals surface area contributed by atoms with Gasteiger partial charge in [0.25, 0.3) is 0 Å². The van der Waals surface area contributed by atoms with Crippen LogP contribution in [0.25, 0.3) is 0 Å². The van der Waals surface area contributed by atoms with Crippen LogP contribution in [-0.2, 0) is 23.7 Å². The summed E-state index contributed by atoms with van der Waals surface area (Å²) in [6.07, 6.45) is 0.679. The van der Waals surface area contributed by atoms with Crippen LogP contribution in [0.4, 0.5) is 0 Å². The van der Waals surface area contributed by atoms with Gasteiger partial charge >= 0.3 is 5.97 Å². The van der Waals surface area contributed by atoms with Gasteiger partial charge in [-0.05, 0) is 6.92 Å². The van der Waals surface area contributed by atoms with Crippen molar-refractivity contribution in [3.8, 4) is 0 Å². The number of carbonyl (C=O) groups is 1. The second-order valence-electron chi connectivity index (χ2n) is 3.64. The molecule has 1 atom stereocenters. The zero-order chi connectivity index (χ0) is 11.3. The van der Waals surface area contributed by atoms with Gasteiger partial charge in [-0.1, -0.05) is 0 Å². The molecule has 1 fully saturated rings. The van der Waals surface area contributed by atoms with Gasteiger partial charge in [0, 0.05) is 26.9 Å². The molecule has 0 amide bonds. The summed E-state index contributed by atoms with van der Waals surface area (Å²) in [5, 5.41) is 0. The number of methoxy groups -OCH3 is 1. The molecule has 1 aliphatic heterocycles. The molecule has 0 N–H and O–H groups in total. The van der Waals surface area contributed by atoms with E-state index >= 15 is 0 Å².